The molecule has 0 N–H and O–H groups in total. The molecular formula is C29H23F4N5O3S. The van der Waals surface area contributed by atoms with E-state index in [4.69, 9.17) is 0 Å². The molecule has 13 heteroatoms. The second-order valence-corrected chi connectivity index (χ2v) is 12.3. The Balaban J connectivity index is 1.45. The Kier molecular flexibility index (Phi) is 6.61. The van der Waals surface area contributed by atoms with Crippen LogP contribution < -0.4 is 0 Å². The number of ketones is 1. The molecule has 1 fully saturated rings. The topological polar surface area (TPSA) is 98.0 Å². The van der Waals surface area contributed by atoms with Crippen LogP contribution >= 0.6 is 0 Å². The minimum absolute atomic E-state index is 0.0753. The Labute approximate surface area is 238 Å². The van der Waals surface area contributed by atoms with E-state index in [1.807, 2.05) is 0 Å². The number of aromatic nitrogens is 4. The third kappa shape index (κ3) is 4.71. The molecule has 4 aromatic rings. The first-order chi connectivity index (χ1) is 19.9. The average Bonchev–Trinajstić information content (AvgIpc) is 3.37. The summed E-state index contributed by atoms with van der Waals surface area (Å²) >= 11 is 0. The highest BCUT2D eigenvalue weighted by molar-refractivity contribution is 7.89. The van der Waals surface area contributed by atoms with E-state index in [1.165, 1.54) is 18.3 Å². The van der Waals surface area contributed by atoms with Crippen LogP contribution in [-0.2, 0) is 22.6 Å². The Morgan fingerprint density at radius 3 is 2.55 bits per heavy atom. The van der Waals surface area contributed by atoms with E-state index in [9.17, 15) is 30.8 Å². The van der Waals surface area contributed by atoms with E-state index in [0.29, 0.717) is 28.6 Å². The molecule has 0 spiro atoms. The first kappa shape index (κ1) is 27.9. The first-order valence-electron chi connectivity index (χ1n) is 12.9. The summed E-state index contributed by atoms with van der Waals surface area (Å²) in [6, 6.07) is 11.8. The van der Waals surface area contributed by atoms with Crippen molar-refractivity contribution in [2.75, 3.05) is 13.1 Å². The van der Waals surface area contributed by atoms with Crippen LogP contribution in [0.25, 0.3) is 11.8 Å². The van der Waals surface area contributed by atoms with Crippen molar-refractivity contribution in [3.05, 3.63) is 107 Å². The Bertz CT molecular complexity index is 1850. The number of hydrogen-bond acceptors (Lipinski definition) is 6. The summed E-state index contributed by atoms with van der Waals surface area (Å²) in [4.78, 5) is 21.9. The van der Waals surface area contributed by atoms with Gasteiger partial charge in [-0.15, -0.1) is 0 Å². The number of carbonyl (C=O) groups is 1. The third-order valence-corrected chi connectivity index (χ3v) is 9.40. The molecule has 4 heterocycles. The maximum atomic E-state index is 14.3. The van der Waals surface area contributed by atoms with Crippen LogP contribution in [0.4, 0.5) is 17.6 Å². The minimum Gasteiger partial charge on any atom is -0.291 e. The van der Waals surface area contributed by atoms with Gasteiger partial charge in [0.1, 0.15) is 17.2 Å². The fraction of sp³-hybridized carbons (Fsp3) is 0.241. The van der Waals surface area contributed by atoms with Crippen LogP contribution in [0.15, 0.2) is 77.6 Å². The Morgan fingerprint density at radius 1 is 1.07 bits per heavy atom. The molecule has 42 heavy (non-hydrogen) atoms. The lowest BCUT2D eigenvalue weighted by Crippen LogP contribution is -2.53. The summed E-state index contributed by atoms with van der Waals surface area (Å²) in [5.74, 6) is -0.813. The van der Waals surface area contributed by atoms with Crippen molar-refractivity contribution in [1.29, 1.82) is 0 Å². The van der Waals surface area contributed by atoms with E-state index in [1.54, 1.807) is 48.1 Å². The molecule has 0 unspecified atom stereocenters. The van der Waals surface area contributed by atoms with Crippen molar-refractivity contribution in [2.45, 2.75) is 31.0 Å². The van der Waals surface area contributed by atoms with Gasteiger partial charge in [0, 0.05) is 19.3 Å². The number of Topliss-reactive ketones (excluding diaryl/α,β-unsaturated/α-hetero) is 1. The lowest BCUT2D eigenvalue weighted by molar-refractivity contribution is -0.141. The molecule has 3 aromatic heterocycles. The van der Waals surface area contributed by atoms with Crippen LogP contribution in [0.2, 0.25) is 0 Å². The predicted octanol–water partition coefficient (Wildman–Crippen LogP) is 5.03. The van der Waals surface area contributed by atoms with Gasteiger partial charge in [0.25, 0.3) is 10.0 Å². The van der Waals surface area contributed by atoms with Gasteiger partial charge >= 0.3 is 6.18 Å². The van der Waals surface area contributed by atoms with E-state index < -0.39 is 43.9 Å². The summed E-state index contributed by atoms with van der Waals surface area (Å²) in [7, 11) is -4.51. The summed E-state index contributed by atoms with van der Waals surface area (Å²) in [6.45, 7) is 1.40. The maximum Gasteiger partial charge on any atom is 0.433 e. The van der Waals surface area contributed by atoms with E-state index in [-0.39, 0.29) is 31.6 Å². The molecule has 8 nitrogen and oxygen atoms in total. The molecule has 2 aliphatic rings. The fourth-order valence-corrected chi connectivity index (χ4v) is 7.01. The molecule has 1 saturated heterocycles. The number of nitrogens with zero attached hydrogens (tertiary/aromatic N) is 5. The molecule has 1 aliphatic carbocycles. The number of benzene rings is 1. The van der Waals surface area contributed by atoms with Crippen LogP contribution in [0.5, 0.6) is 0 Å². The van der Waals surface area contributed by atoms with Gasteiger partial charge in [-0.3, -0.25) is 9.78 Å². The molecule has 0 saturated carbocycles. The van der Waals surface area contributed by atoms with Gasteiger partial charge in [0.15, 0.2) is 10.8 Å². The van der Waals surface area contributed by atoms with Gasteiger partial charge in [-0.05, 0) is 85.5 Å². The number of pyridine rings is 2. The van der Waals surface area contributed by atoms with Crippen molar-refractivity contribution >= 4 is 21.9 Å². The highest BCUT2D eigenvalue weighted by atomic mass is 32.2. The largest absolute Gasteiger partial charge is 0.433 e. The smallest absolute Gasteiger partial charge is 0.291 e. The lowest BCUT2D eigenvalue weighted by Gasteiger charge is -2.44. The quantitative estimate of drug-likeness (QED) is 0.237. The molecule has 6 rings (SSSR count). The van der Waals surface area contributed by atoms with Crippen molar-refractivity contribution in [2.24, 2.45) is 5.41 Å². The Morgan fingerprint density at radius 2 is 1.83 bits per heavy atom. The number of piperidine rings is 1. The SMILES string of the molecule is Cc1ccnc(C(=O)[C@]23Cc4cnn(-c5ccc(F)cc5)c4C=C2CCN(S(=O)(=O)c2cccc(C(F)(F)F)n2)C3)c1. The standard InChI is InChI=1S/C29H23F4N5O3S/c1-18-9-11-34-23(13-18)27(39)28-15-19-16-35-38(22-7-5-21(30)6-8-22)24(19)14-20(28)10-12-37(17-28)42(40,41)26-4-2-3-25(36-26)29(31,32)33/h2-9,11,13-14,16H,10,12,15,17H2,1H3/t28-/m0/s1. The van der Waals surface area contributed by atoms with Crippen LogP contribution in [0.3, 0.4) is 0 Å². The molecule has 0 amide bonds. The molecule has 216 valence electrons. The minimum atomic E-state index is -4.83. The number of rotatable bonds is 5. The number of aryl methyl sites for hydroxylation is 1. The zero-order valence-electron chi connectivity index (χ0n) is 22.1. The summed E-state index contributed by atoms with van der Waals surface area (Å²) in [5, 5.41) is 3.71. The van der Waals surface area contributed by atoms with Crippen molar-refractivity contribution in [1.82, 2.24) is 24.1 Å². The van der Waals surface area contributed by atoms with Crippen LogP contribution in [0.1, 0.15) is 39.4 Å². The second-order valence-electron chi connectivity index (χ2n) is 10.4. The summed E-state index contributed by atoms with van der Waals surface area (Å²) < 4.78 is 83.5. The summed E-state index contributed by atoms with van der Waals surface area (Å²) in [5.41, 5.74) is 0.785. The molecule has 0 radical (unpaired) electrons. The monoisotopic (exact) mass is 597 g/mol. The predicted molar refractivity (Wildman–Crippen MR) is 144 cm³/mol. The van der Waals surface area contributed by atoms with Gasteiger partial charge < -0.3 is 0 Å². The number of carbonyl (C=O) groups excluding carboxylic acids is 1. The zero-order chi connectivity index (χ0) is 29.9. The maximum absolute atomic E-state index is 14.3. The molecular weight excluding hydrogens is 574 g/mol. The van der Waals surface area contributed by atoms with Gasteiger partial charge in [-0.2, -0.15) is 22.6 Å². The summed E-state index contributed by atoms with van der Waals surface area (Å²) in [6.07, 6.45) is 0.243. The van der Waals surface area contributed by atoms with Gasteiger partial charge in [-0.1, -0.05) is 11.6 Å². The van der Waals surface area contributed by atoms with Crippen molar-refractivity contribution < 1.29 is 30.8 Å². The van der Waals surface area contributed by atoms with Crippen LogP contribution in [0, 0.1) is 18.2 Å². The van der Waals surface area contributed by atoms with Crippen LogP contribution in [-0.4, -0.2) is 51.3 Å². The van der Waals surface area contributed by atoms with Gasteiger partial charge in [-0.25, -0.2) is 22.5 Å². The zero-order valence-corrected chi connectivity index (χ0v) is 23.0. The number of hydrogen-bond donors (Lipinski definition) is 0. The average molecular weight is 598 g/mol. The first-order valence-corrected chi connectivity index (χ1v) is 14.4. The normalized spacial score (nSPS) is 19.1. The number of sulfonamides is 1. The highest BCUT2D eigenvalue weighted by Gasteiger charge is 2.51. The van der Waals surface area contributed by atoms with Gasteiger partial charge in [0.2, 0.25) is 0 Å². The van der Waals surface area contributed by atoms with Gasteiger partial charge in [0.05, 0.1) is 23.0 Å². The van der Waals surface area contributed by atoms with E-state index in [0.717, 1.165) is 22.0 Å². The number of halogens is 4. The highest BCUT2D eigenvalue weighted by Crippen LogP contribution is 2.47. The molecule has 1 aromatic carbocycles. The second kappa shape index (κ2) is 9.95. The fourth-order valence-electron chi connectivity index (χ4n) is 5.56. The Hall–Kier alpha value is -4.23. The van der Waals surface area contributed by atoms with E-state index >= 15 is 0 Å². The molecule has 1 aliphatic heterocycles. The third-order valence-electron chi connectivity index (χ3n) is 7.65. The van der Waals surface area contributed by atoms with Crippen molar-refractivity contribution in [3.63, 3.8) is 0 Å². The molecule has 1 atom stereocenters. The number of alkyl halides is 3. The van der Waals surface area contributed by atoms with E-state index in [2.05, 4.69) is 15.1 Å². The van der Waals surface area contributed by atoms with Crippen molar-refractivity contribution in [3.8, 4) is 5.69 Å². The lowest BCUT2D eigenvalue weighted by atomic mass is 9.65. The number of fused-ring (bicyclic) bond motifs is 2. The molecule has 0 bridgehead atoms.